The Labute approximate surface area is 106 Å². The lowest BCUT2D eigenvalue weighted by atomic mass is 10.2. The first-order valence-corrected chi connectivity index (χ1v) is 5.22. The Kier molecular flexibility index (Phi) is 4.98. The van der Waals surface area contributed by atoms with E-state index >= 15 is 0 Å². The topological polar surface area (TPSA) is 69.2 Å². The van der Waals surface area contributed by atoms with Crippen LogP contribution >= 0.6 is 0 Å². The molecule has 0 saturated carbocycles. The predicted octanol–water partition coefficient (Wildman–Crippen LogP) is 1.18. The van der Waals surface area contributed by atoms with Gasteiger partial charge in [0.15, 0.2) is 11.5 Å². The van der Waals surface area contributed by atoms with Crippen LogP contribution < -0.4 is 19.6 Å². The summed E-state index contributed by atoms with van der Waals surface area (Å²) in [7, 11) is 4.59. The average Bonchev–Trinajstić information content (AvgIpc) is 2.37. The summed E-state index contributed by atoms with van der Waals surface area (Å²) in [5.41, 5.74) is 2.98. The molecule has 6 nitrogen and oxygen atoms in total. The lowest BCUT2D eigenvalue weighted by molar-refractivity contribution is -0.118. The zero-order valence-electron chi connectivity index (χ0n) is 10.8. The van der Waals surface area contributed by atoms with Crippen LogP contribution in [0.2, 0.25) is 0 Å². The van der Waals surface area contributed by atoms with Crippen molar-refractivity contribution in [3.63, 3.8) is 0 Å². The van der Waals surface area contributed by atoms with Crippen molar-refractivity contribution < 1.29 is 19.0 Å². The molecule has 1 aromatic carbocycles. The predicted molar refractivity (Wildman–Crippen MR) is 67.5 cm³/mol. The van der Waals surface area contributed by atoms with Crippen LogP contribution in [0, 0.1) is 0 Å². The van der Waals surface area contributed by atoms with Crippen LogP contribution in [0.1, 0.15) is 12.5 Å². The Balaban J connectivity index is 3.12. The third-order valence-electron chi connectivity index (χ3n) is 2.16. The molecule has 98 valence electrons. The number of hydrogen-bond donors (Lipinski definition) is 1. The van der Waals surface area contributed by atoms with Crippen LogP contribution in [-0.4, -0.2) is 33.5 Å². The van der Waals surface area contributed by atoms with Gasteiger partial charge >= 0.3 is 0 Å². The maximum atomic E-state index is 10.7. The van der Waals surface area contributed by atoms with Gasteiger partial charge in [0.25, 0.3) is 0 Å². The number of carbonyl (C=O) groups excluding carboxylic acids is 1. The molecule has 0 aliphatic rings. The quantitative estimate of drug-likeness (QED) is 0.631. The average molecular weight is 252 g/mol. The highest BCUT2D eigenvalue weighted by Gasteiger charge is 2.14. The molecule has 1 aromatic rings. The summed E-state index contributed by atoms with van der Waals surface area (Å²) < 4.78 is 15.6. The second-order valence-corrected chi connectivity index (χ2v) is 3.35. The van der Waals surface area contributed by atoms with E-state index in [1.165, 1.54) is 27.4 Å². The van der Waals surface area contributed by atoms with E-state index in [1.54, 1.807) is 19.2 Å². The highest BCUT2D eigenvalue weighted by molar-refractivity contribution is 5.87. The first kappa shape index (κ1) is 13.8. The summed E-state index contributed by atoms with van der Waals surface area (Å²) in [6.45, 7) is 1.38. The molecule has 0 atom stereocenters. The SMILES string of the molecule is COc1ccc(/C=N/NC(C)=O)c(OC)c1OC. The molecule has 0 heterocycles. The lowest BCUT2D eigenvalue weighted by Gasteiger charge is -2.13. The number of amides is 1. The Bertz CT molecular complexity index is 458. The molecule has 1 amide bonds. The van der Waals surface area contributed by atoms with Gasteiger partial charge in [-0.3, -0.25) is 4.79 Å². The fourth-order valence-corrected chi connectivity index (χ4v) is 1.42. The first-order valence-electron chi connectivity index (χ1n) is 5.22. The van der Waals surface area contributed by atoms with Crippen molar-refractivity contribution in [2.75, 3.05) is 21.3 Å². The maximum Gasteiger partial charge on any atom is 0.236 e. The summed E-state index contributed by atoms with van der Waals surface area (Å²) in [4.78, 5) is 10.7. The van der Waals surface area contributed by atoms with Gasteiger partial charge in [-0.05, 0) is 12.1 Å². The van der Waals surface area contributed by atoms with Crippen molar-refractivity contribution in [3.05, 3.63) is 17.7 Å². The fourth-order valence-electron chi connectivity index (χ4n) is 1.42. The minimum absolute atomic E-state index is 0.245. The van der Waals surface area contributed by atoms with Crippen molar-refractivity contribution in [1.82, 2.24) is 5.43 Å². The second kappa shape index (κ2) is 6.48. The van der Waals surface area contributed by atoms with E-state index in [-0.39, 0.29) is 5.91 Å². The second-order valence-electron chi connectivity index (χ2n) is 3.35. The van der Waals surface area contributed by atoms with Crippen LogP contribution in [0.5, 0.6) is 17.2 Å². The molecule has 0 saturated heterocycles. The number of hydrazone groups is 1. The normalized spacial score (nSPS) is 10.2. The van der Waals surface area contributed by atoms with Crippen molar-refractivity contribution in [2.24, 2.45) is 5.10 Å². The standard InChI is InChI=1S/C12H16N2O4/c1-8(15)14-13-7-9-5-6-10(16-2)12(18-4)11(9)17-3/h5-7H,1-4H3,(H,14,15)/b13-7+. The van der Waals surface area contributed by atoms with E-state index in [9.17, 15) is 4.79 Å². The van der Waals surface area contributed by atoms with Crippen molar-refractivity contribution in [2.45, 2.75) is 6.92 Å². The minimum Gasteiger partial charge on any atom is -0.493 e. The zero-order chi connectivity index (χ0) is 13.5. The number of benzene rings is 1. The molecule has 0 aromatic heterocycles. The zero-order valence-corrected chi connectivity index (χ0v) is 10.8. The van der Waals surface area contributed by atoms with Gasteiger partial charge in [0.1, 0.15) is 0 Å². The summed E-state index contributed by atoms with van der Waals surface area (Å²) in [5, 5.41) is 3.78. The molecule has 0 aliphatic carbocycles. The number of carbonyl (C=O) groups is 1. The molecular formula is C12H16N2O4. The van der Waals surface area contributed by atoms with Gasteiger partial charge in [0.2, 0.25) is 11.7 Å². The van der Waals surface area contributed by atoms with E-state index in [0.717, 1.165) is 0 Å². The lowest BCUT2D eigenvalue weighted by Crippen LogP contribution is -2.12. The smallest absolute Gasteiger partial charge is 0.236 e. The van der Waals surface area contributed by atoms with Crippen molar-refractivity contribution in [3.8, 4) is 17.2 Å². The number of ether oxygens (including phenoxy) is 3. The van der Waals surface area contributed by atoms with Gasteiger partial charge in [-0.2, -0.15) is 5.10 Å². The minimum atomic E-state index is -0.245. The number of nitrogens with one attached hydrogen (secondary N) is 1. The summed E-state index contributed by atoms with van der Waals surface area (Å²) in [6, 6.07) is 3.49. The number of rotatable bonds is 5. The Morgan fingerprint density at radius 3 is 2.33 bits per heavy atom. The van der Waals surface area contributed by atoms with Crippen LogP contribution in [0.15, 0.2) is 17.2 Å². The molecule has 0 radical (unpaired) electrons. The van der Waals surface area contributed by atoms with Crippen molar-refractivity contribution in [1.29, 1.82) is 0 Å². The molecular weight excluding hydrogens is 236 g/mol. The molecule has 0 aliphatic heterocycles. The largest absolute Gasteiger partial charge is 0.493 e. The third kappa shape index (κ3) is 3.13. The molecule has 0 bridgehead atoms. The van der Waals surface area contributed by atoms with Gasteiger partial charge in [-0.15, -0.1) is 0 Å². The van der Waals surface area contributed by atoms with Crippen LogP contribution in [-0.2, 0) is 4.79 Å². The monoisotopic (exact) mass is 252 g/mol. The Morgan fingerprint density at radius 2 is 1.83 bits per heavy atom. The van der Waals surface area contributed by atoms with E-state index in [1.807, 2.05) is 0 Å². The molecule has 0 spiro atoms. The van der Waals surface area contributed by atoms with Crippen molar-refractivity contribution >= 4 is 12.1 Å². The molecule has 1 N–H and O–H groups in total. The fraction of sp³-hybridized carbons (Fsp3) is 0.333. The molecule has 18 heavy (non-hydrogen) atoms. The van der Waals surface area contributed by atoms with E-state index < -0.39 is 0 Å². The van der Waals surface area contributed by atoms with Gasteiger partial charge in [0, 0.05) is 12.5 Å². The highest BCUT2D eigenvalue weighted by atomic mass is 16.5. The summed E-state index contributed by atoms with van der Waals surface area (Å²) in [5.74, 6) is 1.29. The number of hydrogen-bond acceptors (Lipinski definition) is 5. The molecule has 6 heteroatoms. The highest BCUT2D eigenvalue weighted by Crippen LogP contribution is 2.38. The Morgan fingerprint density at radius 1 is 1.17 bits per heavy atom. The number of nitrogens with zero attached hydrogens (tertiary/aromatic N) is 1. The molecule has 0 fully saturated rings. The first-order chi connectivity index (χ1) is 8.63. The van der Waals surface area contributed by atoms with Gasteiger partial charge in [-0.25, -0.2) is 5.43 Å². The van der Waals surface area contributed by atoms with Gasteiger partial charge in [0.05, 0.1) is 27.5 Å². The third-order valence-corrected chi connectivity index (χ3v) is 2.16. The van der Waals surface area contributed by atoms with Gasteiger partial charge in [-0.1, -0.05) is 0 Å². The van der Waals surface area contributed by atoms with Crippen LogP contribution in [0.25, 0.3) is 0 Å². The molecule has 0 unspecified atom stereocenters. The van der Waals surface area contributed by atoms with Crippen LogP contribution in [0.3, 0.4) is 0 Å². The van der Waals surface area contributed by atoms with E-state index in [0.29, 0.717) is 22.8 Å². The Hall–Kier alpha value is -2.24. The van der Waals surface area contributed by atoms with E-state index in [2.05, 4.69) is 10.5 Å². The molecule has 1 rings (SSSR count). The summed E-state index contributed by atoms with van der Waals surface area (Å²) in [6.07, 6.45) is 1.47. The van der Waals surface area contributed by atoms with Gasteiger partial charge < -0.3 is 14.2 Å². The number of methoxy groups -OCH3 is 3. The van der Waals surface area contributed by atoms with Crippen LogP contribution in [0.4, 0.5) is 0 Å². The maximum absolute atomic E-state index is 10.7. The van der Waals surface area contributed by atoms with E-state index in [4.69, 9.17) is 14.2 Å². The summed E-state index contributed by atoms with van der Waals surface area (Å²) >= 11 is 0.